The molecule has 0 bridgehead atoms. The van der Waals surface area contributed by atoms with E-state index in [2.05, 4.69) is 68.9 Å². The van der Waals surface area contributed by atoms with Gasteiger partial charge in [-0.25, -0.2) is 0 Å². The summed E-state index contributed by atoms with van der Waals surface area (Å²) in [5, 5.41) is 5.06. The molecule has 1 atom stereocenters. The molecular weight excluding hydrogens is 294 g/mol. The maximum absolute atomic E-state index is 4.61. The summed E-state index contributed by atoms with van der Waals surface area (Å²) in [6.07, 6.45) is 4.41. The number of aryl methyl sites for hydroxylation is 3. The lowest BCUT2D eigenvalue weighted by molar-refractivity contribution is 0.295. The molecule has 132 valence electrons. The third-order valence-corrected chi connectivity index (χ3v) is 5.15. The van der Waals surface area contributed by atoms with Crippen LogP contribution in [0.2, 0.25) is 0 Å². The van der Waals surface area contributed by atoms with Gasteiger partial charge in [0.05, 0.1) is 5.52 Å². The molecule has 0 radical (unpaired) electrons. The van der Waals surface area contributed by atoms with Crippen LogP contribution in [0, 0.1) is 20.8 Å². The molecule has 1 aromatic heterocycles. The number of benzene rings is 1. The van der Waals surface area contributed by atoms with Crippen molar-refractivity contribution >= 4 is 16.6 Å². The lowest BCUT2D eigenvalue weighted by atomic mass is 10.00. The smallest absolute Gasteiger partial charge is 0.0725 e. The quantitative estimate of drug-likeness (QED) is 0.732. The molecule has 0 fully saturated rings. The first-order chi connectivity index (χ1) is 11.5. The zero-order chi connectivity index (χ0) is 17.7. The Morgan fingerprint density at radius 1 is 1.08 bits per heavy atom. The number of hydrogen-bond donors (Lipinski definition) is 1. The summed E-state index contributed by atoms with van der Waals surface area (Å²) in [5.41, 5.74) is 6.23. The van der Waals surface area contributed by atoms with Gasteiger partial charge < -0.3 is 10.2 Å². The Bertz CT molecular complexity index is 669. The van der Waals surface area contributed by atoms with E-state index in [4.69, 9.17) is 0 Å². The topological polar surface area (TPSA) is 28.2 Å². The van der Waals surface area contributed by atoms with Crippen LogP contribution in [0.5, 0.6) is 0 Å². The highest BCUT2D eigenvalue weighted by Crippen LogP contribution is 2.31. The van der Waals surface area contributed by atoms with Gasteiger partial charge in [-0.2, -0.15) is 0 Å². The van der Waals surface area contributed by atoms with Gasteiger partial charge in [0.1, 0.15) is 0 Å². The molecule has 24 heavy (non-hydrogen) atoms. The summed E-state index contributed by atoms with van der Waals surface area (Å²) in [5.74, 6) is 0. The fourth-order valence-electron chi connectivity index (χ4n) is 3.32. The number of fused-ring (bicyclic) bond motifs is 1. The second-order valence-corrected chi connectivity index (χ2v) is 6.93. The number of anilines is 1. The Morgan fingerprint density at radius 2 is 1.79 bits per heavy atom. The first kappa shape index (κ1) is 18.7. The van der Waals surface area contributed by atoms with Crippen molar-refractivity contribution in [3.63, 3.8) is 0 Å². The van der Waals surface area contributed by atoms with E-state index in [0.717, 1.165) is 18.6 Å². The molecule has 0 spiro atoms. The maximum Gasteiger partial charge on any atom is 0.0725 e. The van der Waals surface area contributed by atoms with Gasteiger partial charge in [-0.1, -0.05) is 19.9 Å². The Morgan fingerprint density at radius 3 is 2.46 bits per heavy atom. The van der Waals surface area contributed by atoms with Gasteiger partial charge in [0.25, 0.3) is 0 Å². The number of hydrogen-bond acceptors (Lipinski definition) is 3. The van der Waals surface area contributed by atoms with Crippen LogP contribution in [0.25, 0.3) is 10.9 Å². The Kier molecular flexibility index (Phi) is 6.61. The minimum absolute atomic E-state index is 0.463. The maximum atomic E-state index is 4.61. The van der Waals surface area contributed by atoms with Crippen molar-refractivity contribution in [2.75, 3.05) is 25.0 Å². The van der Waals surface area contributed by atoms with Crippen LogP contribution in [0.1, 0.15) is 50.3 Å². The molecule has 0 aliphatic heterocycles. The summed E-state index contributed by atoms with van der Waals surface area (Å²) < 4.78 is 0. The van der Waals surface area contributed by atoms with Gasteiger partial charge in [0.15, 0.2) is 0 Å². The van der Waals surface area contributed by atoms with E-state index in [0.29, 0.717) is 6.04 Å². The molecule has 1 unspecified atom stereocenters. The minimum Gasteiger partial charge on any atom is -0.382 e. The Balaban J connectivity index is 2.14. The molecule has 0 aliphatic rings. The highest BCUT2D eigenvalue weighted by atomic mass is 15.1. The number of rotatable bonds is 8. The Labute approximate surface area is 147 Å². The number of pyridine rings is 1. The molecule has 2 rings (SSSR count). The van der Waals surface area contributed by atoms with Gasteiger partial charge in [-0.3, -0.25) is 4.98 Å². The van der Waals surface area contributed by atoms with Crippen LogP contribution in [0.4, 0.5) is 5.69 Å². The predicted molar refractivity (Wildman–Crippen MR) is 106 cm³/mol. The van der Waals surface area contributed by atoms with Crippen molar-refractivity contribution in [2.45, 2.75) is 60.4 Å². The van der Waals surface area contributed by atoms with Crippen molar-refractivity contribution in [3.05, 3.63) is 35.0 Å². The van der Waals surface area contributed by atoms with E-state index in [-0.39, 0.29) is 0 Å². The van der Waals surface area contributed by atoms with Crippen LogP contribution >= 0.6 is 0 Å². The van der Waals surface area contributed by atoms with E-state index in [1.165, 1.54) is 47.2 Å². The third-order valence-electron chi connectivity index (χ3n) is 5.15. The van der Waals surface area contributed by atoms with Crippen LogP contribution in [0.3, 0.4) is 0 Å². The standard InChI is InChI=1S/C21H33N3/c1-7-24(8-2)13-9-10-17(5)23-21-16(4)14-22-19-12-11-15(3)18(6)20(19)21/h11-12,14,17H,7-10,13H2,1-6H3,(H,22,23). The van der Waals surface area contributed by atoms with E-state index in [1.807, 2.05) is 6.20 Å². The van der Waals surface area contributed by atoms with Crippen molar-refractivity contribution in [1.82, 2.24) is 9.88 Å². The second-order valence-electron chi connectivity index (χ2n) is 6.93. The van der Waals surface area contributed by atoms with Gasteiger partial charge in [0, 0.05) is 23.3 Å². The first-order valence-electron chi connectivity index (χ1n) is 9.32. The van der Waals surface area contributed by atoms with Crippen LogP contribution < -0.4 is 5.32 Å². The van der Waals surface area contributed by atoms with Crippen molar-refractivity contribution in [1.29, 1.82) is 0 Å². The molecule has 1 aromatic carbocycles. The van der Waals surface area contributed by atoms with Gasteiger partial charge >= 0.3 is 0 Å². The molecule has 0 saturated carbocycles. The molecule has 3 nitrogen and oxygen atoms in total. The number of aromatic nitrogens is 1. The highest BCUT2D eigenvalue weighted by Gasteiger charge is 2.12. The lowest BCUT2D eigenvalue weighted by Gasteiger charge is -2.22. The molecule has 1 heterocycles. The average molecular weight is 328 g/mol. The van der Waals surface area contributed by atoms with Crippen LogP contribution in [-0.4, -0.2) is 35.6 Å². The molecule has 3 heteroatoms. The molecule has 0 amide bonds. The molecule has 2 aromatic rings. The van der Waals surface area contributed by atoms with Crippen molar-refractivity contribution < 1.29 is 0 Å². The number of nitrogens with zero attached hydrogens (tertiary/aromatic N) is 2. The summed E-state index contributed by atoms with van der Waals surface area (Å²) in [6.45, 7) is 16.8. The van der Waals surface area contributed by atoms with Crippen molar-refractivity contribution in [2.24, 2.45) is 0 Å². The van der Waals surface area contributed by atoms with Crippen molar-refractivity contribution in [3.8, 4) is 0 Å². The van der Waals surface area contributed by atoms with Crippen LogP contribution in [-0.2, 0) is 0 Å². The monoisotopic (exact) mass is 327 g/mol. The van der Waals surface area contributed by atoms with E-state index >= 15 is 0 Å². The fraction of sp³-hybridized carbons (Fsp3) is 0.571. The first-order valence-corrected chi connectivity index (χ1v) is 9.32. The number of nitrogens with one attached hydrogen (secondary N) is 1. The lowest BCUT2D eigenvalue weighted by Crippen LogP contribution is -2.25. The fourth-order valence-corrected chi connectivity index (χ4v) is 3.32. The summed E-state index contributed by atoms with van der Waals surface area (Å²) in [6, 6.07) is 4.76. The summed E-state index contributed by atoms with van der Waals surface area (Å²) in [7, 11) is 0. The third kappa shape index (κ3) is 4.27. The van der Waals surface area contributed by atoms with Gasteiger partial charge in [0.2, 0.25) is 0 Å². The zero-order valence-corrected chi connectivity index (χ0v) is 16.2. The molecule has 0 aliphatic carbocycles. The van der Waals surface area contributed by atoms with E-state index in [1.54, 1.807) is 0 Å². The molecule has 0 saturated heterocycles. The highest BCUT2D eigenvalue weighted by molar-refractivity contribution is 5.96. The van der Waals surface area contributed by atoms with E-state index in [9.17, 15) is 0 Å². The second kappa shape index (κ2) is 8.48. The zero-order valence-electron chi connectivity index (χ0n) is 16.2. The normalized spacial score (nSPS) is 12.8. The molecule has 1 N–H and O–H groups in total. The Hall–Kier alpha value is -1.61. The summed E-state index contributed by atoms with van der Waals surface area (Å²) in [4.78, 5) is 7.10. The van der Waals surface area contributed by atoms with Gasteiger partial charge in [-0.15, -0.1) is 0 Å². The average Bonchev–Trinajstić information content (AvgIpc) is 2.57. The van der Waals surface area contributed by atoms with Gasteiger partial charge in [-0.05, 0) is 82.9 Å². The largest absolute Gasteiger partial charge is 0.382 e. The SMILES string of the molecule is CCN(CC)CCCC(C)Nc1c(C)cnc2ccc(C)c(C)c12. The minimum atomic E-state index is 0.463. The predicted octanol–water partition coefficient (Wildman–Crippen LogP) is 5.08. The molecular formula is C21H33N3. The van der Waals surface area contributed by atoms with E-state index < -0.39 is 0 Å². The summed E-state index contributed by atoms with van der Waals surface area (Å²) >= 11 is 0. The van der Waals surface area contributed by atoms with Crippen LogP contribution in [0.15, 0.2) is 18.3 Å².